The first-order valence-corrected chi connectivity index (χ1v) is 9.13. The van der Waals surface area contributed by atoms with Gasteiger partial charge in [0.25, 0.3) is 5.91 Å². The van der Waals surface area contributed by atoms with E-state index in [4.69, 9.17) is 11.6 Å². The summed E-state index contributed by atoms with van der Waals surface area (Å²) in [5, 5.41) is 2.57. The Labute approximate surface area is 157 Å². The number of carbonyl (C=O) groups excluding carboxylic acids is 1. The molecular formula is C20H21ClF2N2O. The highest BCUT2D eigenvalue weighted by Crippen LogP contribution is 2.20. The van der Waals surface area contributed by atoms with Crippen molar-refractivity contribution in [1.82, 2.24) is 10.2 Å². The maximum absolute atomic E-state index is 13.3. The molecule has 0 atom stereocenters. The summed E-state index contributed by atoms with van der Waals surface area (Å²) in [7, 11) is 0. The SMILES string of the molecule is O=C(NCc1ccc(CN2CCCCC2)cc1)c1cc(F)c(F)cc1Cl. The average Bonchev–Trinajstić information content (AvgIpc) is 2.65. The molecule has 26 heavy (non-hydrogen) atoms. The van der Waals surface area contributed by atoms with E-state index < -0.39 is 17.5 Å². The number of amides is 1. The van der Waals surface area contributed by atoms with Crippen molar-refractivity contribution in [3.8, 4) is 0 Å². The molecule has 0 aliphatic carbocycles. The molecule has 2 aromatic carbocycles. The van der Waals surface area contributed by atoms with Crippen molar-refractivity contribution in [3.05, 3.63) is 69.7 Å². The Bertz CT molecular complexity index is 774. The van der Waals surface area contributed by atoms with E-state index >= 15 is 0 Å². The van der Waals surface area contributed by atoms with Crippen LogP contribution in [0.5, 0.6) is 0 Å². The van der Waals surface area contributed by atoms with Crippen molar-refractivity contribution in [1.29, 1.82) is 0 Å². The third-order valence-electron chi connectivity index (χ3n) is 4.59. The molecule has 0 aromatic heterocycles. The highest BCUT2D eigenvalue weighted by molar-refractivity contribution is 6.33. The minimum atomic E-state index is -1.10. The van der Waals surface area contributed by atoms with Crippen molar-refractivity contribution in [2.75, 3.05) is 13.1 Å². The van der Waals surface area contributed by atoms with Crippen LogP contribution in [0.3, 0.4) is 0 Å². The van der Waals surface area contributed by atoms with Gasteiger partial charge in [-0.1, -0.05) is 42.3 Å². The van der Waals surface area contributed by atoms with Gasteiger partial charge in [-0.25, -0.2) is 8.78 Å². The molecule has 0 saturated carbocycles. The quantitative estimate of drug-likeness (QED) is 0.775. The second kappa shape index (κ2) is 8.60. The summed E-state index contributed by atoms with van der Waals surface area (Å²) in [5.41, 5.74) is 2.09. The number of rotatable bonds is 5. The van der Waals surface area contributed by atoms with E-state index in [-0.39, 0.29) is 17.1 Å². The molecular weight excluding hydrogens is 358 g/mol. The zero-order valence-corrected chi connectivity index (χ0v) is 15.2. The van der Waals surface area contributed by atoms with E-state index in [0.717, 1.165) is 37.3 Å². The van der Waals surface area contributed by atoms with Crippen LogP contribution in [0.4, 0.5) is 8.78 Å². The van der Waals surface area contributed by atoms with E-state index in [9.17, 15) is 13.6 Å². The Hall–Kier alpha value is -1.98. The summed E-state index contributed by atoms with van der Waals surface area (Å²) < 4.78 is 26.4. The predicted octanol–water partition coefficient (Wildman–Crippen LogP) is 4.53. The number of likely N-dealkylation sites (tertiary alicyclic amines) is 1. The van der Waals surface area contributed by atoms with E-state index in [1.807, 2.05) is 12.1 Å². The molecule has 0 spiro atoms. The van der Waals surface area contributed by atoms with Gasteiger partial charge < -0.3 is 5.32 Å². The molecule has 0 unspecified atom stereocenters. The Morgan fingerprint density at radius 1 is 1.00 bits per heavy atom. The third-order valence-corrected chi connectivity index (χ3v) is 4.90. The summed E-state index contributed by atoms with van der Waals surface area (Å²) in [6.45, 7) is 3.52. The fraction of sp³-hybridized carbons (Fsp3) is 0.350. The third kappa shape index (κ3) is 4.80. The van der Waals surface area contributed by atoms with Gasteiger partial charge in [0.1, 0.15) is 0 Å². The van der Waals surface area contributed by atoms with Crippen LogP contribution in [-0.4, -0.2) is 23.9 Å². The molecule has 138 valence electrons. The number of nitrogens with zero attached hydrogens (tertiary/aromatic N) is 1. The van der Waals surface area contributed by atoms with Crippen molar-refractivity contribution < 1.29 is 13.6 Å². The van der Waals surface area contributed by atoms with Gasteiger partial charge in [0.15, 0.2) is 11.6 Å². The number of carbonyl (C=O) groups is 1. The van der Waals surface area contributed by atoms with E-state index in [1.165, 1.54) is 24.8 Å². The highest BCUT2D eigenvalue weighted by atomic mass is 35.5. The molecule has 1 fully saturated rings. The van der Waals surface area contributed by atoms with Gasteiger partial charge in [-0.05, 0) is 49.2 Å². The van der Waals surface area contributed by atoms with Crippen molar-refractivity contribution in [3.63, 3.8) is 0 Å². The van der Waals surface area contributed by atoms with E-state index in [0.29, 0.717) is 0 Å². The maximum Gasteiger partial charge on any atom is 0.253 e. The normalized spacial score (nSPS) is 15.0. The van der Waals surface area contributed by atoms with E-state index in [1.54, 1.807) is 0 Å². The number of hydrogen-bond acceptors (Lipinski definition) is 2. The number of hydrogen-bond donors (Lipinski definition) is 1. The molecule has 1 aliphatic heterocycles. The van der Waals surface area contributed by atoms with Gasteiger partial charge in [0.2, 0.25) is 0 Å². The first kappa shape index (κ1) is 18.8. The molecule has 6 heteroatoms. The highest BCUT2D eigenvalue weighted by Gasteiger charge is 2.15. The molecule has 2 aromatic rings. The van der Waals surface area contributed by atoms with Crippen LogP contribution in [0.1, 0.15) is 40.7 Å². The summed E-state index contributed by atoms with van der Waals surface area (Å²) in [6.07, 6.45) is 3.84. The Balaban J connectivity index is 1.56. The van der Waals surface area contributed by atoms with Crippen molar-refractivity contribution in [2.24, 2.45) is 0 Å². The topological polar surface area (TPSA) is 32.3 Å². The van der Waals surface area contributed by atoms with Gasteiger partial charge >= 0.3 is 0 Å². The largest absolute Gasteiger partial charge is 0.348 e. The second-order valence-electron chi connectivity index (χ2n) is 6.58. The monoisotopic (exact) mass is 378 g/mol. The van der Waals surface area contributed by atoms with Gasteiger partial charge in [0, 0.05) is 13.1 Å². The molecule has 0 bridgehead atoms. The van der Waals surface area contributed by atoms with Crippen molar-refractivity contribution >= 4 is 17.5 Å². The number of halogens is 3. The molecule has 1 amide bonds. The molecule has 3 rings (SSSR count). The van der Waals surface area contributed by atoms with Crippen LogP contribution in [0.2, 0.25) is 5.02 Å². The smallest absolute Gasteiger partial charge is 0.253 e. The second-order valence-corrected chi connectivity index (χ2v) is 6.99. The lowest BCUT2D eigenvalue weighted by atomic mass is 10.1. The zero-order chi connectivity index (χ0) is 18.5. The first-order valence-electron chi connectivity index (χ1n) is 8.76. The summed E-state index contributed by atoms with van der Waals surface area (Å²) in [4.78, 5) is 14.6. The minimum Gasteiger partial charge on any atom is -0.348 e. The Kier molecular flexibility index (Phi) is 6.22. The zero-order valence-electron chi connectivity index (χ0n) is 14.4. The maximum atomic E-state index is 13.3. The first-order chi connectivity index (χ1) is 12.5. The van der Waals surface area contributed by atoms with Gasteiger partial charge in [-0.2, -0.15) is 0 Å². The Morgan fingerprint density at radius 2 is 1.62 bits per heavy atom. The van der Waals surface area contributed by atoms with Crippen LogP contribution < -0.4 is 5.32 Å². The molecule has 1 saturated heterocycles. The van der Waals surface area contributed by atoms with Gasteiger partial charge in [-0.3, -0.25) is 9.69 Å². The van der Waals surface area contributed by atoms with Crippen molar-refractivity contribution in [2.45, 2.75) is 32.4 Å². The number of nitrogens with one attached hydrogen (secondary N) is 1. The number of benzene rings is 2. The number of piperidine rings is 1. The summed E-state index contributed by atoms with van der Waals surface area (Å²) in [6, 6.07) is 9.66. The minimum absolute atomic E-state index is 0.0766. The lowest BCUT2D eigenvalue weighted by Crippen LogP contribution is -2.29. The van der Waals surface area contributed by atoms with Crippen LogP contribution in [0.15, 0.2) is 36.4 Å². The molecule has 1 N–H and O–H groups in total. The molecule has 1 heterocycles. The lowest BCUT2D eigenvalue weighted by Gasteiger charge is -2.26. The summed E-state index contributed by atoms with van der Waals surface area (Å²) in [5.74, 6) is -2.70. The molecule has 0 radical (unpaired) electrons. The van der Waals surface area contributed by atoms with Gasteiger partial charge in [0.05, 0.1) is 10.6 Å². The van der Waals surface area contributed by atoms with Crippen LogP contribution in [0, 0.1) is 11.6 Å². The fourth-order valence-corrected chi connectivity index (χ4v) is 3.35. The molecule has 3 nitrogen and oxygen atoms in total. The van der Waals surface area contributed by atoms with Crippen LogP contribution in [-0.2, 0) is 13.1 Å². The lowest BCUT2D eigenvalue weighted by molar-refractivity contribution is 0.0950. The van der Waals surface area contributed by atoms with E-state index in [2.05, 4.69) is 22.3 Å². The average molecular weight is 379 g/mol. The fourth-order valence-electron chi connectivity index (χ4n) is 3.11. The Morgan fingerprint density at radius 3 is 2.31 bits per heavy atom. The summed E-state index contributed by atoms with van der Waals surface area (Å²) >= 11 is 5.82. The predicted molar refractivity (Wildman–Crippen MR) is 98.1 cm³/mol. The van der Waals surface area contributed by atoms with Gasteiger partial charge in [-0.15, -0.1) is 0 Å². The molecule has 1 aliphatic rings. The van der Waals surface area contributed by atoms with Crippen LogP contribution in [0.25, 0.3) is 0 Å². The standard InChI is InChI=1S/C20H21ClF2N2O/c21-17-11-19(23)18(22)10-16(17)20(26)24-12-14-4-6-15(7-5-14)13-25-8-2-1-3-9-25/h4-7,10-11H,1-3,8-9,12-13H2,(H,24,26). The van der Waals surface area contributed by atoms with Crippen LogP contribution >= 0.6 is 11.6 Å².